The van der Waals surface area contributed by atoms with Gasteiger partial charge in [-0.1, -0.05) is 18.2 Å². The Morgan fingerprint density at radius 2 is 1.79 bits per heavy atom. The highest BCUT2D eigenvalue weighted by atomic mass is 16.5. The zero-order valence-corrected chi connectivity index (χ0v) is 17.8. The maximum absolute atomic E-state index is 12.7. The fourth-order valence-corrected chi connectivity index (χ4v) is 3.12. The molecule has 3 amide bonds. The minimum atomic E-state index is -0.327. The van der Waals surface area contributed by atoms with E-state index in [-0.39, 0.29) is 11.9 Å². The number of hydrogen-bond acceptors (Lipinski definition) is 4. The van der Waals surface area contributed by atoms with Gasteiger partial charge >= 0.3 is 6.03 Å². The van der Waals surface area contributed by atoms with Crippen LogP contribution < -0.4 is 20.7 Å². The normalized spacial score (nSPS) is 10.4. The first-order chi connectivity index (χ1) is 16.1. The minimum absolute atomic E-state index is 0.266. The topological polar surface area (TPSA) is 96.8 Å². The van der Waals surface area contributed by atoms with E-state index in [0.29, 0.717) is 35.8 Å². The lowest BCUT2D eigenvalue weighted by Crippen LogP contribution is -2.28. The minimum Gasteiger partial charge on any atom is -0.487 e. The second-order valence-electron chi connectivity index (χ2n) is 7.17. The van der Waals surface area contributed by atoms with E-state index >= 15 is 0 Å². The van der Waals surface area contributed by atoms with Crippen LogP contribution in [0.4, 0.5) is 16.2 Å². The Kier molecular flexibility index (Phi) is 6.65. The summed E-state index contributed by atoms with van der Waals surface area (Å²) in [7, 11) is 0. The smallest absolute Gasteiger partial charge is 0.319 e. The van der Waals surface area contributed by atoms with Crippen molar-refractivity contribution in [3.8, 4) is 5.75 Å². The predicted octanol–water partition coefficient (Wildman–Crippen LogP) is 4.47. The summed E-state index contributed by atoms with van der Waals surface area (Å²) in [4.78, 5) is 28.9. The standard InChI is InChI=1S/C25H23N5O3/c1-2-13-26-25(32)29-20-11-9-19(10-12-20)28-24(31)18-6-5-7-22(15-18)33-17-21-16-30-14-4-3-8-23(30)27-21/h2-12,14-16H,1,13,17H2,(H,28,31)(H2,26,29,32). The van der Waals surface area contributed by atoms with Crippen LogP contribution in [0.5, 0.6) is 5.75 Å². The molecular formula is C25H23N5O3. The number of fused-ring (bicyclic) bond motifs is 1. The van der Waals surface area contributed by atoms with E-state index in [4.69, 9.17) is 4.74 Å². The molecule has 2 aromatic heterocycles. The molecule has 0 bridgehead atoms. The maximum atomic E-state index is 12.7. The van der Waals surface area contributed by atoms with Gasteiger partial charge in [0.1, 0.15) is 18.0 Å². The maximum Gasteiger partial charge on any atom is 0.319 e. The van der Waals surface area contributed by atoms with Gasteiger partial charge in [-0.15, -0.1) is 6.58 Å². The Balaban J connectivity index is 1.34. The average molecular weight is 441 g/mol. The van der Waals surface area contributed by atoms with E-state index in [1.165, 1.54) is 0 Å². The summed E-state index contributed by atoms with van der Waals surface area (Å²) in [5, 5.41) is 8.17. The number of hydrogen-bond donors (Lipinski definition) is 3. The molecular weight excluding hydrogens is 418 g/mol. The lowest BCUT2D eigenvalue weighted by atomic mass is 10.2. The molecule has 0 aliphatic rings. The summed E-state index contributed by atoms with van der Waals surface area (Å²) < 4.78 is 7.76. The fraction of sp³-hybridized carbons (Fsp3) is 0.0800. The number of nitrogens with one attached hydrogen (secondary N) is 3. The van der Waals surface area contributed by atoms with Crippen LogP contribution in [-0.4, -0.2) is 27.9 Å². The van der Waals surface area contributed by atoms with E-state index in [0.717, 1.165) is 11.3 Å². The highest BCUT2D eigenvalue weighted by Gasteiger charge is 2.09. The first kappa shape index (κ1) is 21.6. The first-order valence-electron chi connectivity index (χ1n) is 10.3. The highest BCUT2D eigenvalue weighted by Crippen LogP contribution is 2.18. The number of nitrogens with zero attached hydrogens (tertiary/aromatic N) is 2. The molecule has 0 saturated heterocycles. The largest absolute Gasteiger partial charge is 0.487 e. The van der Waals surface area contributed by atoms with Crippen molar-refractivity contribution >= 4 is 29.0 Å². The molecule has 4 aromatic rings. The summed E-state index contributed by atoms with van der Waals surface area (Å²) in [5.41, 5.74) is 3.32. The predicted molar refractivity (Wildman–Crippen MR) is 128 cm³/mol. The van der Waals surface area contributed by atoms with Gasteiger partial charge in [0.25, 0.3) is 5.91 Å². The van der Waals surface area contributed by atoms with Crippen LogP contribution in [0.3, 0.4) is 0 Å². The quantitative estimate of drug-likeness (QED) is 0.352. The third-order valence-corrected chi connectivity index (χ3v) is 4.70. The molecule has 0 fully saturated rings. The van der Waals surface area contributed by atoms with E-state index < -0.39 is 0 Å². The Bertz CT molecular complexity index is 1250. The van der Waals surface area contributed by atoms with Crippen molar-refractivity contribution in [2.24, 2.45) is 0 Å². The van der Waals surface area contributed by atoms with E-state index in [9.17, 15) is 9.59 Å². The lowest BCUT2D eigenvalue weighted by Gasteiger charge is -2.09. The van der Waals surface area contributed by atoms with Gasteiger partial charge in [0.05, 0.1) is 5.69 Å². The number of carbonyl (C=O) groups excluding carboxylic acids is 2. The summed E-state index contributed by atoms with van der Waals surface area (Å²) in [6.45, 7) is 4.22. The van der Waals surface area contributed by atoms with Gasteiger partial charge in [-0.25, -0.2) is 9.78 Å². The highest BCUT2D eigenvalue weighted by molar-refractivity contribution is 6.04. The van der Waals surface area contributed by atoms with Crippen LogP contribution >= 0.6 is 0 Å². The number of amides is 3. The van der Waals surface area contributed by atoms with Crippen molar-refractivity contribution < 1.29 is 14.3 Å². The zero-order valence-electron chi connectivity index (χ0n) is 17.8. The number of pyridine rings is 1. The van der Waals surface area contributed by atoms with Gasteiger partial charge in [0.15, 0.2) is 0 Å². The third kappa shape index (κ3) is 5.76. The first-order valence-corrected chi connectivity index (χ1v) is 10.3. The van der Waals surface area contributed by atoms with Crippen molar-refractivity contribution in [1.29, 1.82) is 0 Å². The monoisotopic (exact) mass is 441 g/mol. The van der Waals surface area contributed by atoms with Crippen LogP contribution in [0, 0.1) is 0 Å². The van der Waals surface area contributed by atoms with Crippen molar-refractivity contribution in [2.75, 3.05) is 17.2 Å². The number of rotatable bonds is 8. The number of benzene rings is 2. The molecule has 0 unspecified atom stereocenters. The molecule has 2 aromatic carbocycles. The summed E-state index contributed by atoms with van der Waals surface area (Å²) in [5.74, 6) is 0.308. The lowest BCUT2D eigenvalue weighted by molar-refractivity contribution is 0.102. The SMILES string of the molecule is C=CCNC(=O)Nc1ccc(NC(=O)c2cccc(OCc3cn4ccccc4n3)c2)cc1. The molecule has 3 N–H and O–H groups in total. The Morgan fingerprint density at radius 1 is 1.00 bits per heavy atom. The van der Waals surface area contributed by atoms with Gasteiger partial charge < -0.3 is 25.1 Å². The van der Waals surface area contributed by atoms with Crippen LogP contribution in [0.1, 0.15) is 16.1 Å². The molecule has 8 nitrogen and oxygen atoms in total. The van der Waals surface area contributed by atoms with Crippen LogP contribution in [0.15, 0.2) is 91.8 Å². The van der Waals surface area contributed by atoms with Crippen LogP contribution in [-0.2, 0) is 6.61 Å². The molecule has 0 radical (unpaired) electrons. The van der Waals surface area contributed by atoms with Crippen molar-refractivity contribution in [3.05, 3.63) is 103 Å². The van der Waals surface area contributed by atoms with Gasteiger partial charge in [0.2, 0.25) is 0 Å². The molecule has 0 atom stereocenters. The molecule has 0 aliphatic carbocycles. The second kappa shape index (κ2) is 10.1. The molecule has 2 heterocycles. The molecule has 0 spiro atoms. The Hall–Kier alpha value is -4.59. The molecule has 0 saturated carbocycles. The van der Waals surface area contributed by atoms with Crippen molar-refractivity contribution in [2.45, 2.75) is 6.61 Å². The number of ether oxygens (including phenoxy) is 1. The molecule has 0 aliphatic heterocycles. The van der Waals surface area contributed by atoms with E-state index in [1.807, 2.05) is 35.0 Å². The molecule has 4 rings (SSSR count). The van der Waals surface area contributed by atoms with Crippen molar-refractivity contribution in [3.63, 3.8) is 0 Å². The van der Waals surface area contributed by atoms with Gasteiger partial charge in [-0.3, -0.25) is 4.79 Å². The van der Waals surface area contributed by atoms with Gasteiger partial charge in [0, 0.05) is 35.9 Å². The number of carbonyl (C=O) groups is 2. The Morgan fingerprint density at radius 3 is 2.55 bits per heavy atom. The van der Waals surface area contributed by atoms with Gasteiger partial charge in [-0.05, 0) is 54.6 Å². The van der Waals surface area contributed by atoms with Crippen LogP contribution in [0.25, 0.3) is 5.65 Å². The number of imidazole rings is 1. The third-order valence-electron chi connectivity index (χ3n) is 4.70. The van der Waals surface area contributed by atoms with Crippen molar-refractivity contribution in [1.82, 2.24) is 14.7 Å². The average Bonchev–Trinajstić information content (AvgIpc) is 3.26. The number of anilines is 2. The van der Waals surface area contributed by atoms with E-state index in [1.54, 1.807) is 54.6 Å². The van der Waals surface area contributed by atoms with Gasteiger partial charge in [-0.2, -0.15) is 0 Å². The second-order valence-corrected chi connectivity index (χ2v) is 7.17. The number of aromatic nitrogens is 2. The summed E-state index contributed by atoms with van der Waals surface area (Å²) in [6, 6.07) is 19.3. The summed E-state index contributed by atoms with van der Waals surface area (Å²) in [6.07, 6.45) is 5.43. The van der Waals surface area contributed by atoms with Crippen LogP contribution in [0.2, 0.25) is 0 Å². The Labute approximate surface area is 190 Å². The molecule has 166 valence electrons. The number of urea groups is 1. The zero-order chi connectivity index (χ0) is 23.0. The molecule has 33 heavy (non-hydrogen) atoms. The fourth-order valence-electron chi connectivity index (χ4n) is 3.12. The summed E-state index contributed by atoms with van der Waals surface area (Å²) >= 11 is 0. The van der Waals surface area contributed by atoms with E-state index in [2.05, 4.69) is 27.5 Å². The molecule has 8 heteroatoms.